The third-order valence-corrected chi connectivity index (χ3v) is 6.05. The molecule has 2 aromatic rings. The van der Waals surface area contributed by atoms with E-state index >= 15 is 0 Å². The molecule has 29 heavy (non-hydrogen) atoms. The highest BCUT2D eigenvalue weighted by Gasteiger charge is 2.28. The molecule has 1 fully saturated rings. The number of benzene rings is 1. The van der Waals surface area contributed by atoms with Crippen molar-refractivity contribution >= 4 is 22.7 Å². The molecule has 0 unspecified atom stereocenters. The van der Waals surface area contributed by atoms with Crippen molar-refractivity contribution in [1.29, 1.82) is 5.26 Å². The van der Waals surface area contributed by atoms with Gasteiger partial charge in [0.15, 0.2) is 6.61 Å². The van der Waals surface area contributed by atoms with Crippen LogP contribution in [-0.2, 0) is 16.1 Å². The van der Waals surface area contributed by atoms with Crippen LogP contribution in [0.2, 0.25) is 0 Å². The van der Waals surface area contributed by atoms with Crippen LogP contribution in [0.25, 0.3) is 10.9 Å². The van der Waals surface area contributed by atoms with Gasteiger partial charge in [-0.3, -0.25) is 9.59 Å². The lowest BCUT2D eigenvalue weighted by atomic mass is 9.80. The highest BCUT2D eigenvalue weighted by Crippen LogP contribution is 2.32. The third-order valence-electron chi connectivity index (χ3n) is 6.05. The number of unbranched alkanes of at least 4 members (excludes halogenated alkanes) is 1. The van der Waals surface area contributed by atoms with Gasteiger partial charge in [-0.25, -0.2) is 0 Å². The minimum absolute atomic E-state index is 0.0716. The summed E-state index contributed by atoms with van der Waals surface area (Å²) in [5.41, 5.74) is 1.47. The Morgan fingerprint density at radius 1 is 1.21 bits per heavy atom. The van der Waals surface area contributed by atoms with Gasteiger partial charge in [0.1, 0.15) is 0 Å². The average Bonchev–Trinajstić information content (AvgIpc) is 3.13. The highest BCUT2D eigenvalue weighted by atomic mass is 16.5. The number of hydrogen-bond donors (Lipinski definition) is 0. The lowest BCUT2D eigenvalue weighted by Gasteiger charge is -2.27. The van der Waals surface area contributed by atoms with Crippen LogP contribution in [0.1, 0.15) is 68.6 Å². The molecule has 0 bridgehead atoms. The normalized spacial score (nSPS) is 19.0. The summed E-state index contributed by atoms with van der Waals surface area (Å²) < 4.78 is 7.33. The van der Waals surface area contributed by atoms with Crippen LogP contribution in [0.4, 0.5) is 0 Å². The van der Waals surface area contributed by atoms with E-state index in [1.165, 1.54) is 19.3 Å². The number of para-hydroxylation sites is 1. The van der Waals surface area contributed by atoms with Crippen molar-refractivity contribution in [3.63, 3.8) is 0 Å². The van der Waals surface area contributed by atoms with Gasteiger partial charge in [-0.15, -0.1) is 0 Å². The molecule has 0 atom stereocenters. The Kier molecular flexibility index (Phi) is 7.46. The number of hydrogen-bond acceptors (Lipinski definition) is 4. The molecule has 0 radical (unpaired) electrons. The zero-order valence-corrected chi connectivity index (χ0v) is 17.2. The van der Waals surface area contributed by atoms with Crippen LogP contribution in [0.5, 0.6) is 0 Å². The molecule has 1 aliphatic rings. The molecule has 0 spiro atoms. The summed E-state index contributed by atoms with van der Waals surface area (Å²) >= 11 is 0. The first-order valence-corrected chi connectivity index (χ1v) is 10.8. The van der Waals surface area contributed by atoms with Gasteiger partial charge in [0.05, 0.1) is 18.4 Å². The molecular weight excluding hydrogens is 364 g/mol. The number of ether oxygens (including phenoxy) is 1. The Hall–Kier alpha value is -2.61. The predicted octanol–water partition coefficient (Wildman–Crippen LogP) is 5.28. The monoisotopic (exact) mass is 394 g/mol. The molecule has 1 heterocycles. The van der Waals surface area contributed by atoms with Gasteiger partial charge in [0.2, 0.25) is 5.78 Å². The average molecular weight is 395 g/mol. The Balaban J connectivity index is 1.57. The molecule has 5 nitrogen and oxygen atoms in total. The van der Waals surface area contributed by atoms with Crippen LogP contribution in [-0.4, -0.2) is 22.9 Å². The number of aryl methyl sites for hydroxylation is 1. The Morgan fingerprint density at radius 2 is 1.97 bits per heavy atom. The van der Waals surface area contributed by atoms with E-state index in [-0.39, 0.29) is 24.3 Å². The van der Waals surface area contributed by atoms with Gasteiger partial charge in [0, 0.05) is 29.2 Å². The van der Waals surface area contributed by atoms with E-state index in [9.17, 15) is 9.59 Å². The summed E-state index contributed by atoms with van der Waals surface area (Å²) in [5.74, 6) is 0.236. The number of fused-ring (bicyclic) bond motifs is 1. The summed E-state index contributed by atoms with van der Waals surface area (Å²) in [6.07, 6.45) is 9.79. The molecule has 1 aliphatic carbocycles. The Morgan fingerprint density at radius 3 is 2.69 bits per heavy atom. The summed E-state index contributed by atoms with van der Waals surface area (Å²) in [4.78, 5) is 25.2. The summed E-state index contributed by atoms with van der Waals surface area (Å²) in [6.45, 7) is 2.52. The lowest BCUT2D eigenvalue weighted by Crippen LogP contribution is -2.25. The summed E-state index contributed by atoms with van der Waals surface area (Å²) in [7, 11) is 0. The fraction of sp³-hybridized carbons (Fsp3) is 0.542. The van der Waals surface area contributed by atoms with Crippen LogP contribution < -0.4 is 0 Å². The first kappa shape index (κ1) is 21.1. The highest BCUT2D eigenvalue weighted by molar-refractivity contribution is 6.09. The first-order valence-electron chi connectivity index (χ1n) is 10.8. The number of carbonyl (C=O) groups excluding carboxylic acids is 2. The first-order chi connectivity index (χ1) is 14.1. The second kappa shape index (κ2) is 10.2. The molecule has 1 aromatic carbocycles. The number of esters is 1. The molecule has 0 N–H and O–H groups in total. The van der Waals surface area contributed by atoms with E-state index in [1.54, 1.807) is 6.20 Å². The predicted molar refractivity (Wildman–Crippen MR) is 112 cm³/mol. The second-order valence-electron chi connectivity index (χ2n) is 8.05. The van der Waals surface area contributed by atoms with E-state index < -0.39 is 0 Å². The SMILES string of the molecule is CCCCC1CCC(C(=O)OCC(=O)c2cn(CCC#N)c3ccccc23)CC1. The van der Waals surface area contributed by atoms with Crippen LogP contribution in [0.3, 0.4) is 0 Å². The largest absolute Gasteiger partial charge is 0.457 e. The maximum Gasteiger partial charge on any atom is 0.309 e. The number of nitriles is 1. The van der Waals surface area contributed by atoms with E-state index in [2.05, 4.69) is 13.0 Å². The number of carbonyl (C=O) groups is 2. The quantitative estimate of drug-likeness (QED) is 0.429. The number of Topliss-reactive ketones (excluding diaryl/α,β-unsaturated/α-hetero) is 1. The zero-order valence-electron chi connectivity index (χ0n) is 17.2. The topological polar surface area (TPSA) is 72.1 Å². The molecule has 0 amide bonds. The fourth-order valence-electron chi connectivity index (χ4n) is 4.34. The van der Waals surface area contributed by atoms with Crippen LogP contribution >= 0.6 is 0 Å². The van der Waals surface area contributed by atoms with Crippen LogP contribution in [0, 0.1) is 23.2 Å². The third kappa shape index (κ3) is 5.26. The maximum atomic E-state index is 12.7. The molecule has 0 aliphatic heterocycles. The van der Waals surface area contributed by atoms with Crippen molar-refractivity contribution in [2.45, 2.75) is 64.8 Å². The van der Waals surface area contributed by atoms with Crippen molar-refractivity contribution in [2.24, 2.45) is 11.8 Å². The van der Waals surface area contributed by atoms with Crippen LogP contribution in [0.15, 0.2) is 30.5 Å². The summed E-state index contributed by atoms with van der Waals surface area (Å²) in [5, 5.41) is 9.69. The van der Waals surface area contributed by atoms with Gasteiger partial charge in [-0.05, 0) is 37.7 Å². The van der Waals surface area contributed by atoms with E-state index in [0.29, 0.717) is 18.5 Å². The summed E-state index contributed by atoms with van der Waals surface area (Å²) in [6, 6.07) is 9.76. The smallest absolute Gasteiger partial charge is 0.309 e. The standard InChI is InChI=1S/C24H30N2O3/c1-2-3-7-18-10-12-19(13-11-18)24(28)29-17-23(27)21-16-26(15-6-14-25)22-9-5-4-8-20(21)22/h4-5,8-9,16,18-19H,2-3,6-7,10-13,15,17H2,1H3. The molecule has 154 valence electrons. The number of ketones is 1. The van der Waals surface area contributed by atoms with Gasteiger partial charge < -0.3 is 9.30 Å². The number of rotatable bonds is 9. The van der Waals surface area contributed by atoms with Crippen molar-refractivity contribution in [1.82, 2.24) is 4.57 Å². The molecule has 0 saturated heterocycles. The van der Waals surface area contributed by atoms with Gasteiger partial charge >= 0.3 is 5.97 Å². The van der Waals surface area contributed by atoms with E-state index in [1.807, 2.05) is 28.8 Å². The molecular formula is C24H30N2O3. The van der Waals surface area contributed by atoms with E-state index in [4.69, 9.17) is 10.00 Å². The van der Waals surface area contributed by atoms with Gasteiger partial charge in [-0.1, -0.05) is 44.4 Å². The molecule has 3 rings (SSSR count). The van der Waals surface area contributed by atoms with Crippen molar-refractivity contribution in [2.75, 3.05) is 6.61 Å². The zero-order chi connectivity index (χ0) is 20.6. The van der Waals surface area contributed by atoms with E-state index in [0.717, 1.165) is 42.5 Å². The Bertz CT molecular complexity index is 885. The number of aromatic nitrogens is 1. The van der Waals surface area contributed by atoms with Crippen molar-refractivity contribution in [3.05, 3.63) is 36.0 Å². The molecule has 1 saturated carbocycles. The fourth-order valence-corrected chi connectivity index (χ4v) is 4.34. The number of nitrogens with zero attached hydrogens (tertiary/aromatic N) is 2. The Labute approximate surface area is 172 Å². The lowest BCUT2D eigenvalue weighted by molar-refractivity contribution is -0.148. The minimum atomic E-state index is -0.236. The maximum absolute atomic E-state index is 12.7. The molecule has 5 heteroatoms. The van der Waals surface area contributed by atoms with Crippen molar-refractivity contribution in [3.8, 4) is 6.07 Å². The van der Waals surface area contributed by atoms with Gasteiger partial charge in [-0.2, -0.15) is 5.26 Å². The van der Waals surface area contributed by atoms with Crippen molar-refractivity contribution < 1.29 is 14.3 Å². The molecule has 1 aromatic heterocycles. The van der Waals surface area contributed by atoms with Gasteiger partial charge in [0.25, 0.3) is 0 Å². The second-order valence-corrected chi connectivity index (χ2v) is 8.05. The minimum Gasteiger partial charge on any atom is -0.457 e.